The second kappa shape index (κ2) is 17.1. The van der Waals surface area contributed by atoms with Crippen LogP contribution in [0.1, 0.15) is 54.5 Å². The van der Waals surface area contributed by atoms with Crippen molar-refractivity contribution >= 4 is 45.3 Å². The predicted octanol–water partition coefficient (Wildman–Crippen LogP) is 5.93. The number of anilines is 1. The Balaban J connectivity index is 1.42. The molecule has 11 heteroatoms. The second-order valence-electron chi connectivity index (χ2n) is 14.9. The summed E-state index contributed by atoms with van der Waals surface area (Å²) < 4.78 is 13.2. The molecule has 3 fully saturated rings. The van der Waals surface area contributed by atoms with Gasteiger partial charge < -0.3 is 29.7 Å². The van der Waals surface area contributed by atoms with Crippen LogP contribution in [0.15, 0.2) is 104 Å². The maximum atomic E-state index is 15.4. The van der Waals surface area contributed by atoms with Gasteiger partial charge in [0, 0.05) is 23.5 Å². The van der Waals surface area contributed by atoms with Crippen LogP contribution in [0.4, 0.5) is 5.69 Å². The number of benzene rings is 3. The monoisotopic (exact) mass is 811 g/mol. The second-order valence-corrected chi connectivity index (χ2v) is 16.0. The third kappa shape index (κ3) is 7.66. The van der Waals surface area contributed by atoms with E-state index < -0.39 is 66.3 Å². The lowest BCUT2D eigenvalue weighted by Crippen LogP contribution is -2.59. The topological polar surface area (TPSA) is 125 Å². The van der Waals surface area contributed by atoms with E-state index in [1.807, 2.05) is 92.7 Å². The summed E-state index contributed by atoms with van der Waals surface area (Å²) in [6, 6.07) is 21.8. The first-order valence-corrected chi connectivity index (χ1v) is 19.8. The van der Waals surface area contributed by atoms with Crippen LogP contribution < -0.4 is 10.2 Å². The molecular weight excluding hydrogens is 762 g/mol. The van der Waals surface area contributed by atoms with Crippen molar-refractivity contribution in [1.29, 1.82) is 0 Å². The summed E-state index contributed by atoms with van der Waals surface area (Å²) in [4.78, 5) is 60.7. The number of hydrogen-bond acceptors (Lipinski definition) is 7. The number of hydrogen-bond donors (Lipinski definition) is 2. The van der Waals surface area contributed by atoms with E-state index in [1.54, 1.807) is 24.0 Å². The molecule has 55 heavy (non-hydrogen) atoms. The molecule has 3 aliphatic rings. The molecule has 6 rings (SSSR count). The summed E-state index contributed by atoms with van der Waals surface area (Å²) in [6.45, 7) is 13.0. The van der Waals surface area contributed by atoms with Crippen molar-refractivity contribution in [2.75, 3.05) is 18.1 Å². The van der Waals surface area contributed by atoms with E-state index in [2.05, 4.69) is 34.4 Å². The Labute approximate surface area is 331 Å². The molecule has 2 N–H and O–H groups in total. The summed E-state index contributed by atoms with van der Waals surface area (Å²) in [5.74, 6) is -3.85. The van der Waals surface area contributed by atoms with E-state index in [0.29, 0.717) is 17.7 Å². The molecule has 1 unspecified atom stereocenters. The first kappa shape index (κ1) is 40.1. The first-order chi connectivity index (χ1) is 26.5. The molecule has 3 saturated heterocycles. The molecule has 3 amide bonds. The smallest absolute Gasteiger partial charge is 0.313 e. The number of aliphatic hydroxyl groups is 1. The van der Waals surface area contributed by atoms with Gasteiger partial charge in [0.2, 0.25) is 11.8 Å². The fraction of sp³-hybridized carbons (Fsp3) is 0.409. The van der Waals surface area contributed by atoms with Crippen LogP contribution in [-0.2, 0) is 35.1 Å². The Bertz CT molecular complexity index is 1890. The van der Waals surface area contributed by atoms with E-state index >= 15 is 9.59 Å². The van der Waals surface area contributed by atoms with Crippen molar-refractivity contribution in [3.8, 4) is 0 Å². The quantitative estimate of drug-likeness (QED) is 0.104. The van der Waals surface area contributed by atoms with E-state index in [0.717, 1.165) is 16.7 Å². The number of fused-ring (bicyclic) bond motifs is 1. The summed E-state index contributed by atoms with van der Waals surface area (Å²) >= 11 is 3.77. The van der Waals surface area contributed by atoms with Crippen molar-refractivity contribution in [1.82, 2.24) is 10.2 Å². The number of para-hydroxylation sites is 1. The van der Waals surface area contributed by atoms with Crippen LogP contribution in [0, 0.1) is 25.7 Å². The zero-order valence-corrected chi connectivity index (χ0v) is 33.2. The van der Waals surface area contributed by atoms with Gasteiger partial charge in [0.15, 0.2) is 0 Å². The highest BCUT2D eigenvalue weighted by Crippen LogP contribution is 2.61. The van der Waals surface area contributed by atoms with Crippen LogP contribution in [0.2, 0.25) is 0 Å². The number of amides is 3. The minimum absolute atomic E-state index is 0.161. The zero-order valence-electron chi connectivity index (χ0n) is 31.6. The highest BCUT2D eigenvalue weighted by atomic mass is 79.9. The maximum absolute atomic E-state index is 15.4. The molecule has 9 atom stereocenters. The number of esters is 1. The SMILES string of the molecule is C=CCCC(=O)N[C@H](C)[C@@H](OC(=O)[C@H]1[C@@H]2O[C@@]3(CC2Br)[C@@H]1C(=O)N([C@@H](CO)Cc1ccccc1)[C@@H]3C(=O)N(CC=C)c1c(C)cccc1C)c1ccccc1. The number of likely N-dealkylation sites (tertiary alicyclic amines) is 1. The summed E-state index contributed by atoms with van der Waals surface area (Å²) in [5, 5.41) is 13.9. The fourth-order valence-corrected chi connectivity index (χ4v) is 9.83. The molecule has 3 aromatic carbocycles. The molecular formula is C44H50BrN3O7. The number of nitrogens with one attached hydrogen (secondary N) is 1. The lowest BCUT2D eigenvalue weighted by molar-refractivity contribution is -0.162. The summed E-state index contributed by atoms with van der Waals surface area (Å²) in [7, 11) is 0. The van der Waals surface area contributed by atoms with Gasteiger partial charge in [-0.3, -0.25) is 19.2 Å². The number of alkyl halides is 1. The number of ether oxygens (including phenoxy) is 2. The number of rotatable bonds is 16. The molecule has 0 aromatic heterocycles. The van der Waals surface area contributed by atoms with Gasteiger partial charge in [-0.05, 0) is 62.3 Å². The van der Waals surface area contributed by atoms with Gasteiger partial charge >= 0.3 is 5.97 Å². The minimum Gasteiger partial charge on any atom is -0.455 e. The van der Waals surface area contributed by atoms with Crippen LogP contribution in [0.3, 0.4) is 0 Å². The normalized spacial score (nSPS) is 25.4. The number of nitrogens with zero attached hydrogens (tertiary/aromatic N) is 2. The number of carbonyl (C=O) groups is 4. The largest absolute Gasteiger partial charge is 0.455 e. The van der Waals surface area contributed by atoms with E-state index in [9.17, 15) is 14.7 Å². The van der Waals surface area contributed by atoms with Crippen molar-refractivity contribution < 1.29 is 33.8 Å². The van der Waals surface area contributed by atoms with Crippen LogP contribution >= 0.6 is 15.9 Å². The maximum Gasteiger partial charge on any atom is 0.313 e. The third-order valence-corrected chi connectivity index (χ3v) is 12.1. The number of aliphatic hydroxyl groups excluding tert-OH is 1. The average Bonchev–Trinajstić information content (AvgIpc) is 3.78. The minimum atomic E-state index is -1.41. The van der Waals surface area contributed by atoms with Crippen LogP contribution in [0.5, 0.6) is 0 Å². The molecule has 0 saturated carbocycles. The van der Waals surface area contributed by atoms with Gasteiger partial charge in [0.1, 0.15) is 17.7 Å². The predicted molar refractivity (Wildman–Crippen MR) is 214 cm³/mol. The number of aryl methyl sites for hydroxylation is 2. The Kier molecular flexibility index (Phi) is 12.4. The van der Waals surface area contributed by atoms with E-state index in [4.69, 9.17) is 9.47 Å². The summed E-state index contributed by atoms with van der Waals surface area (Å²) in [6.07, 6.45) is 2.94. The lowest BCUT2D eigenvalue weighted by atomic mass is 9.70. The molecule has 3 aromatic rings. The van der Waals surface area contributed by atoms with Crippen LogP contribution in [-0.4, -0.2) is 81.5 Å². The molecule has 1 spiro atoms. The van der Waals surface area contributed by atoms with Crippen molar-refractivity contribution in [3.63, 3.8) is 0 Å². The molecule has 3 heterocycles. The van der Waals surface area contributed by atoms with Gasteiger partial charge in [-0.2, -0.15) is 0 Å². The van der Waals surface area contributed by atoms with Crippen molar-refractivity contribution in [3.05, 3.63) is 126 Å². The van der Waals surface area contributed by atoms with Crippen molar-refractivity contribution in [2.45, 2.75) is 87.2 Å². The van der Waals surface area contributed by atoms with Gasteiger partial charge in [0.05, 0.1) is 36.6 Å². The molecule has 290 valence electrons. The van der Waals surface area contributed by atoms with E-state index in [-0.39, 0.29) is 42.4 Å². The molecule has 0 aliphatic carbocycles. The standard InChI is InChI=1S/C44H50BrN3O7/c1-6-8-22-34(50)46-29(5)38(31-20-13-10-14-21-31)54-43(53)35-36-41(51)48(32(26-49)24-30-18-11-9-12-19-30)40(44(36)25-33(45)39(35)55-44)42(52)47(23-7-2)37-27(3)16-15-17-28(37)4/h6-7,9-21,29,32-33,35-36,38-40,49H,1-2,8,22-26H2,3-5H3,(H,46,50)/t29-,32-,33?,35-,36+,38-,39-,40-,44+/m1/s1. The number of halogens is 1. The Hall–Kier alpha value is -4.58. The number of allylic oxidation sites excluding steroid dienone is 1. The third-order valence-electron chi connectivity index (χ3n) is 11.2. The van der Waals surface area contributed by atoms with Gasteiger partial charge in [0.25, 0.3) is 5.91 Å². The molecule has 0 radical (unpaired) electrons. The Morgan fingerprint density at radius 1 is 1.04 bits per heavy atom. The fourth-order valence-electron chi connectivity index (χ4n) is 8.89. The Morgan fingerprint density at radius 3 is 2.31 bits per heavy atom. The average molecular weight is 813 g/mol. The molecule has 10 nitrogen and oxygen atoms in total. The first-order valence-electron chi connectivity index (χ1n) is 18.9. The van der Waals surface area contributed by atoms with Crippen molar-refractivity contribution in [2.24, 2.45) is 11.8 Å². The van der Waals surface area contributed by atoms with E-state index in [1.165, 1.54) is 4.90 Å². The molecule has 2 bridgehead atoms. The summed E-state index contributed by atoms with van der Waals surface area (Å²) in [5.41, 5.74) is 2.59. The number of carbonyl (C=O) groups excluding carboxylic acids is 4. The lowest BCUT2D eigenvalue weighted by Gasteiger charge is -2.40. The van der Waals surface area contributed by atoms with Crippen LogP contribution in [0.25, 0.3) is 0 Å². The molecule has 3 aliphatic heterocycles. The highest BCUT2D eigenvalue weighted by Gasteiger charge is 2.77. The Morgan fingerprint density at radius 2 is 1.69 bits per heavy atom. The van der Waals surface area contributed by atoms with Gasteiger partial charge in [-0.15, -0.1) is 13.2 Å². The zero-order chi connectivity index (χ0) is 39.4. The van der Waals surface area contributed by atoms with Gasteiger partial charge in [-0.25, -0.2) is 0 Å². The van der Waals surface area contributed by atoms with Gasteiger partial charge in [-0.1, -0.05) is 107 Å². The highest BCUT2D eigenvalue weighted by molar-refractivity contribution is 9.09.